The molecule has 0 amide bonds. The predicted octanol–water partition coefficient (Wildman–Crippen LogP) is 25.3. The van der Waals surface area contributed by atoms with E-state index in [9.17, 15) is 0 Å². The molecule has 0 N–H and O–H groups in total. The number of hydrogen-bond acceptors (Lipinski definition) is 9. The summed E-state index contributed by atoms with van der Waals surface area (Å²) in [5.41, 5.74) is 10.9. The van der Waals surface area contributed by atoms with Crippen LogP contribution in [0.2, 0.25) is 0 Å². The lowest BCUT2D eigenvalue weighted by atomic mass is 9.96. The van der Waals surface area contributed by atoms with Crippen molar-refractivity contribution in [2.24, 2.45) is 0 Å². The molecule has 75 heavy (non-hydrogen) atoms. The summed E-state index contributed by atoms with van der Waals surface area (Å²) in [4.78, 5) is 17.5. The molecule has 0 bridgehead atoms. The van der Waals surface area contributed by atoms with Crippen LogP contribution < -0.4 is 0 Å². The Hall–Kier alpha value is -1.86. The zero-order chi connectivity index (χ0) is 52.5. The third-order valence-electron chi connectivity index (χ3n) is 16.3. The van der Waals surface area contributed by atoms with E-state index in [0.717, 1.165) is 69.9 Å². The van der Waals surface area contributed by atoms with Crippen molar-refractivity contribution in [1.29, 1.82) is 0 Å². The molecule has 0 spiro atoms. The van der Waals surface area contributed by atoms with E-state index in [2.05, 4.69) is 120 Å². The molecule has 11 heteroatoms. The summed E-state index contributed by atoms with van der Waals surface area (Å²) in [7, 11) is 0. The molecule has 6 aromatic heterocycles. The van der Waals surface area contributed by atoms with Crippen LogP contribution in [0.5, 0.6) is 0 Å². The SMILES string of the molecule is CCCCCCCCCCCCc1cc(-c2c3nsnc3c(-c3cc(CCCCCCCCCCCC)c(Br)s3)c3nc4c5cc(C(CC)CCCCC)sc5c5sc(C(CC)CCCCC)cc5c4nc23)sc1Br. The fourth-order valence-electron chi connectivity index (χ4n) is 11.7. The van der Waals surface area contributed by atoms with Gasteiger partial charge in [-0.15, -0.1) is 45.3 Å². The van der Waals surface area contributed by atoms with Crippen molar-refractivity contribution in [3.8, 4) is 20.9 Å². The summed E-state index contributed by atoms with van der Waals surface area (Å²) in [6.07, 6.45) is 41.5. The van der Waals surface area contributed by atoms with Gasteiger partial charge in [-0.25, -0.2) is 9.97 Å². The molecule has 2 unspecified atom stereocenters. The highest BCUT2D eigenvalue weighted by Gasteiger charge is 2.29. The minimum absolute atomic E-state index is 0.552. The van der Waals surface area contributed by atoms with E-state index in [0.29, 0.717) is 11.8 Å². The van der Waals surface area contributed by atoms with Gasteiger partial charge in [0.25, 0.3) is 0 Å². The van der Waals surface area contributed by atoms with Crippen molar-refractivity contribution in [2.45, 2.75) is 259 Å². The fourth-order valence-corrected chi connectivity index (χ4v) is 18.8. The quantitative estimate of drug-likeness (QED) is 0.0290. The molecule has 2 aromatic carbocycles. The van der Waals surface area contributed by atoms with Crippen LogP contribution in [0.4, 0.5) is 0 Å². The van der Waals surface area contributed by atoms with Crippen molar-refractivity contribution in [1.82, 2.24) is 18.7 Å². The highest BCUT2D eigenvalue weighted by atomic mass is 79.9. The largest absolute Gasteiger partial charge is 0.243 e. The van der Waals surface area contributed by atoms with E-state index in [1.807, 2.05) is 22.7 Å². The monoisotopic (exact) mass is 1230 g/mol. The Bertz CT molecular complexity index is 2810. The molecule has 8 rings (SSSR count). The molecule has 0 saturated carbocycles. The van der Waals surface area contributed by atoms with Crippen LogP contribution in [0.1, 0.15) is 267 Å². The molecular weight excluding hydrogens is 1140 g/mol. The van der Waals surface area contributed by atoms with Crippen molar-refractivity contribution in [2.75, 3.05) is 0 Å². The Morgan fingerprint density at radius 1 is 0.387 bits per heavy atom. The number of unbranched alkanes of at least 4 members (excludes halogenated alkanes) is 22. The van der Waals surface area contributed by atoms with Gasteiger partial charge < -0.3 is 0 Å². The van der Waals surface area contributed by atoms with Crippen LogP contribution in [0.25, 0.3) is 74.2 Å². The Morgan fingerprint density at radius 2 is 0.733 bits per heavy atom. The highest BCUT2D eigenvalue weighted by molar-refractivity contribution is 9.11. The van der Waals surface area contributed by atoms with E-state index in [1.165, 1.54) is 250 Å². The Labute approximate surface area is 489 Å². The first-order valence-electron chi connectivity index (χ1n) is 30.2. The van der Waals surface area contributed by atoms with Gasteiger partial charge in [-0.3, -0.25) is 0 Å². The average Bonchev–Trinajstić information content (AvgIpc) is 4.28. The van der Waals surface area contributed by atoms with Crippen LogP contribution in [-0.4, -0.2) is 18.7 Å². The van der Waals surface area contributed by atoms with Crippen molar-refractivity contribution in [3.63, 3.8) is 0 Å². The Kier molecular flexibility index (Phi) is 24.2. The molecule has 2 atom stereocenters. The summed E-state index contributed by atoms with van der Waals surface area (Å²) in [5.74, 6) is 1.10. The number of hydrogen-bond donors (Lipinski definition) is 0. The molecule has 0 saturated heterocycles. The lowest BCUT2D eigenvalue weighted by Crippen LogP contribution is -1.96. The Morgan fingerprint density at radius 3 is 1.09 bits per heavy atom. The molecule has 0 aliphatic carbocycles. The standard InChI is InChI=1S/C64H88Br2N4S5/c1-7-13-17-19-21-23-25-27-29-33-37-45-39-51(73-63(45)65)53-57-58(54(60-59(53)69-75-70-60)52-40-46(64(66)74-52)38-34-30-28-26-24-22-20-18-14-8-2)68-56-48-42-50(44(12-6)36-32-16-10-4)72-62(48)61-47(55(56)67-57)41-49(71-61)43(11-5)35-31-15-9-3/h39-44H,7-38H2,1-6H3. The van der Waals surface area contributed by atoms with E-state index < -0.39 is 0 Å². The van der Waals surface area contributed by atoms with E-state index >= 15 is 0 Å². The number of aromatic nitrogens is 4. The second-order valence-electron chi connectivity index (χ2n) is 22.0. The third kappa shape index (κ3) is 14.9. The van der Waals surface area contributed by atoms with E-state index in [4.69, 9.17) is 18.7 Å². The van der Waals surface area contributed by atoms with Gasteiger partial charge >= 0.3 is 0 Å². The van der Waals surface area contributed by atoms with Crippen molar-refractivity contribution < 1.29 is 0 Å². The second-order valence-corrected chi connectivity index (χ2v) is 29.4. The summed E-state index contributed by atoms with van der Waals surface area (Å²) < 4.78 is 15.7. The fraction of sp³-hybridized carbons (Fsp3) is 0.625. The number of fused-ring (bicyclic) bond motifs is 8. The van der Waals surface area contributed by atoms with E-state index in [1.54, 1.807) is 0 Å². The lowest BCUT2D eigenvalue weighted by Gasteiger charge is -2.13. The highest BCUT2D eigenvalue weighted by Crippen LogP contribution is 2.51. The summed E-state index contributed by atoms with van der Waals surface area (Å²) >= 11 is 17.3. The van der Waals surface area contributed by atoms with Crippen LogP contribution in [0.15, 0.2) is 31.8 Å². The molecule has 0 fully saturated rings. The molecule has 6 heterocycles. The topological polar surface area (TPSA) is 51.6 Å². The van der Waals surface area contributed by atoms with Gasteiger partial charge in [0.15, 0.2) is 0 Å². The lowest BCUT2D eigenvalue weighted by molar-refractivity contribution is 0.556. The van der Waals surface area contributed by atoms with Gasteiger partial charge in [-0.2, -0.15) is 8.75 Å². The molecule has 8 aromatic rings. The average molecular weight is 1230 g/mol. The summed E-state index contributed by atoms with van der Waals surface area (Å²) in [6.45, 7) is 14.0. The first-order chi connectivity index (χ1) is 36.8. The van der Waals surface area contributed by atoms with Gasteiger partial charge in [0.05, 0.1) is 39.7 Å². The number of aryl methyl sites for hydroxylation is 2. The van der Waals surface area contributed by atoms with Gasteiger partial charge in [-0.05, 0) is 130 Å². The first-order valence-corrected chi connectivity index (χ1v) is 35.8. The third-order valence-corrected chi connectivity index (χ3v) is 23.5. The smallest absolute Gasteiger partial charge is 0.116 e. The minimum atomic E-state index is 0.552. The number of halogens is 2. The molecule has 0 radical (unpaired) electrons. The van der Waals surface area contributed by atoms with Gasteiger partial charge in [-0.1, -0.05) is 196 Å². The summed E-state index contributed by atoms with van der Waals surface area (Å²) in [6, 6.07) is 10.00. The number of thiophene rings is 4. The van der Waals surface area contributed by atoms with Gasteiger partial charge in [0, 0.05) is 41.4 Å². The normalized spacial score (nSPS) is 13.1. The predicted molar refractivity (Wildman–Crippen MR) is 346 cm³/mol. The van der Waals surface area contributed by atoms with Crippen LogP contribution in [0, 0.1) is 0 Å². The van der Waals surface area contributed by atoms with Gasteiger partial charge in [0.1, 0.15) is 22.1 Å². The number of nitrogens with zero attached hydrogens (tertiary/aromatic N) is 4. The molecular formula is C64H88Br2N4S5. The minimum Gasteiger partial charge on any atom is -0.243 e. The summed E-state index contributed by atoms with van der Waals surface area (Å²) in [5, 5.41) is 2.56. The maximum absolute atomic E-state index is 6.03. The zero-order valence-corrected chi connectivity index (χ0v) is 53.9. The van der Waals surface area contributed by atoms with Crippen molar-refractivity contribution in [3.05, 3.63) is 52.7 Å². The van der Waals surface area contributed by atoms with E-state index in [-0.39, 0.29) is 0 Å². The second kappa shape index (κ2) is 30.7. The number of rotatable bonds is 36. The maximum atomic E-state index is 6.03. The van der Waals surface area contributed by atoms with Crippen LogP contribution >= 0.6 is 88.9 Å². The zero-order valence-electron chi connectivity index (χ0n) is 46.7. The molecule has 4 nitrogen and oxygen atoms in total. The first kappa shape index (κ1) is 59.3. The maximum Gasteiger partial charge on any atom is 0.116 e. The van der Waals surface area contributed by atoms with Crippen LogP contribution in [0.3, 0.4) is 0 Å². The Balaban J connectivity index is 1.24. The van der Waals surface area contributed by atoms with Crippen molar-refractivity contribution >= 4 is 142 Å². The molecule has 0 aliphatic heterocycles. The van der Waals surface area contributed by atoms with Gasteiger partial charge in [0.2, 0.25) is 0 Å². The molecule has 0 aliphatic rings. The molecule has 408 valence electrons. The van der Waals surface area contributed by atoms with Crippen LogP contribution in [-0.2, 0) is 12.8 Å². The number of benzene rings is 2.